The number of hydrogen-bond donors (Lipinski definition) is 0. The normalized spacial score (nSPS) is 14.1. The number of benzene rings is 2. The van der Waals surface area contributed by atoms with Gasteiger partial charge in [0.2, 0.25) is 0 Å². The van der Waals surface area contributed by atoms with Gasteiger partial charge in [0.15, 0.2) is 5.78 Å². The fourth-order valence-corrected chi connectivity index (χ4v) is 2.38. The predicted molar refractivity (Wildman–Crippen MR) is 87.7 cm³/mol. The molecular formula is C16H12ClIO2. The van der Waals surface area contributed by atoms with Gasteiger partial charge in [-0.3, -0.25) is 4.79 Å². The highest BCUT2D eigenvalue weighted by molar-refractivity contribution is 14.1. The van der Waals surface area contributed by atoms with Gasteiger partial charge in [0.1, 0.15) is 5.75 Å². The Morgan fingerprint density at radius 3 is 2.35 bits per heavy atom. The first-order valence-corrected chi connectivity index (χ1v) is 7.85. The van der Waals surface area contributed by atoms with E-state index in [2.05, 4.69) is 22.6 Å². The lowest BCUT2D eigenvalue weighted by Gasteiger charge is -2.06. The van der Waals surface area contributed by atoms with E-state index in [0.29, 0.717) is 22.3 Å². The first-order chi connectivity index (χ1) is 9.63. The zero-order valence-electron chi connectivity index (χ0n) is 10.6. The zero-order chi connectivity index (χ0) is 14.1. The van der Waals surface area contributed by atoms with Crippen LogP contribution >= 0.6 is 34.2 Å². The molecule has 0 unspecified atom stereocenters. The molecule has 102 valence electrons. The third kappa shape index (κ3) is 3.15. The highest BCUT2D eigenvalue weighted by Gasteiger charge is 2.23. The largest absolute Gasteiger partial charge is 0.490 e. The summed E-state index contributed by atoms with van der Waals surface area (Å²) in [6, 6.07) is 12.6. The quantitative estimate of drug-likeness (QED) is 0.550. The SMILES string of the molecule is O=C(c1ccc(OC2CC2)cc1)c1ccc(I)c(Cl)c1. The van der Waals surface area contributed by atoms with E-state index in [4.69, 9.17) is 16.3 Å². The molecule has 2 aromatic rings. The summed E-state index contributed by atoms with van der Waals surface area (Å²) in [5, 5.41) is 0.602. The first-order valence-electron chi connectivity index (χ1n) is 6.40. The third-order valence-electron chi connectivity index (χ3n) is 3.13. The van der Waals surface area contributed by atoms with Gasteiger partial charge in [-0.1, -0.05) is 11.6 Å². The maximum Gasteiger partial charge on any atom is 0.193 e. The van der Waals surface area contributed by atoms with Gasteiger partial charge in [0, 0.05) is 14.7 Å². The highest BCUT2D eigenvalue weighted by atomic mass is 127. The first kappa shape index (κ1) is 13.9. The van der Waals surface area contributed by atoms with Gasteiger partial charge >= 0.3 is 0 Å². The maximum absolute atomic E-state index is 12.4. The topological polar surface area (TPSA) is 26.3 Å². The summed E-state index contributed by atoms with van der Waals surface area (Å²) >= 11 is 8.20. The number of rotatable bonds is 4. The second kappa shape index (κ2) is 5.74. The minimum atomic E-state index is -0.0266. The summed E-state index contributed by atoms with van der Waals surface area (Å²) in [4.78, 5) is 12.4. The second-order valence-corrected chi connectivity index (χ2v) is 6.37. The van der Waals surface area contributed by atoms with Crippen molar-refractivity contribution < 1.29 is 9.53 Å². The Balaban J connectivity index is 1.80. The molecule has 0 saturated heterocycles. The van der Waals surface area contributed by atoms with Crippen molar-refractivity contribution in [2.75, 3.05) is 0 Å². The molecule has 1 fully saturated rings. The van der Waals surface area contributed by atoms with Crippen molar-refractivity contribution in [1.29, 1.82) is 0 Å². The monoisotopic (exact) mass is 398 g/mol. The number of hydrogen-bond acceptors (Lipinski definition) is 2. The molecule has 0 bridgehead atoms. The van der Waals surface area contributed by atoms with E-state index < -0.39 is 0 Å². The molecule has 1 saturated carbocycles. The highest BCUT2D eigenvalue weighted by Crippen LogP contribution is 2.27. The van der Waals surface area contributed by atoms with Gasteiger partial charge < -0.3 is 4.74 Å². The lowest BCUT2D eigenvalue weighted by atomic mass is 10.0. The van der Waals surface area contributed by atoms with Crippen LogP contribution in [-0.4, -0.2) is 11.9 Å². The van der Waals surface area contributed by atoms with Crippen LogP contribution in [0.4, 0.5) is 0 Å². The molecule has 0 atom stereocenters. The molecule has 1 aliphatic carbocycles. The number of ketones is 1. The van der Waals surface area contributed by atoms with Crippen LogP contribution in [-0.2, 0) is 0 Å². The number of carbonyl (C=O) groups excluding carboxylic acids is 1. The average Bonchev–Trinajstić information content (AvgIpc) is 3.26. The van der Waals surface area contributed by atoms with Crippen LogP contribution in [0.1, 0.15) is 28.8 Å². The fourth-order valence-electron chi connectivity index (χ4n) is 1.87. The van der Waals surface area contributed by atoms with E-state index in [9.17, 15) is 4.79 Å². The van der Waals surface area contributed by atoms with E-state index >= 15 is 0 Å². The Morgan fingerprint density at radius 2 is 1.75 bits per heavy atom. The summed E-state index contributed by atoms with van der Waals surface area (Å²) in [6.45, 7) is 0. The van der Waals surface area contributed by atoms with Gasteiger partial charge in [-0.25, -0.2) is 0 Å². The Hall–Kier alpha value is -1.07. The average molecular weight is 399 g/mol. The molecule has 3 rings (SSSR count). The molecule has 2 aromatic carbocycles. The third-order valence-corrected chi connectivity index (χ3v) is 4.70. The number of ether oxygens (including phenoxy) is 1. The minimum Gasteiger partial charge on any atom is -0.490 e. The van der Waals surface area contributed by atoms with Crippen molar-refractivity contribution in [3.05, 3.63) is 62.2 Å². The summed E-state index contributed by atoms with van der Waals surface area (Å²) in [5.41, 5.74) is 1.25. The molecule has 0 aliphatic heterocycles. The van der Waals surface area contributed by atoms with Crippen LogP contribution in [0.25, 0.3) is 0 Å². The van der Waals surface area contributed by atoms with Crippen molar-refractivity contribution in [3.63, 3.8) is 0 Å². The maximum atomic E-state index is 12.4. The molecule has 0 radical (unpaired) electrons. The van der Waals surface area contributed by atoms with Crippen LogP contribution in [0.5, 0.6) is 5.75 Å². The Morgan fingerprint density at radius 1 is 1.10 bits per heavy atom. The molecule has 20 heavy (non-hydrogen) atoms. The molecule has 0 heterocycles. The number of halogens is 2. The van der Waals surface area contributed by atoms with Crippen LogP contribution in [0.15, 0.2) is 42.5 Å². The minimum absolute atomic E-state index is 0.0266. The van der Waals surface area contributed by atoms with E-state index in [1.54, 1.807) is 24.3 Å². The molecule has 0 amide bonds. The van der Waals surface area contributed by atoms with E-state index in [1.807, 2.05) is 18.2 Å². The summed E-state index contributed by atoms with van der Waals surface area (Å²) in [6.07, 6.45) is 2.62. The van der Waals surface area contributed by atoms with Gasteiger partial charge in [0.25, 0.3) is 0 Å². The molecular weight excluding hydrogens is 387 g/mol. The molecule has 0 N–H and O–H groups in total. The van der Waals surface area contributed by atoms with Crippen LogP contribution in [0.3, 0.4) is 0 Å². The standard InChI is InChI=1S/C16H12ClIO2/c17-14-9-11(3-8-15(14)18)16(19)10-1-4-12(5-2-10)20-13-6-7-13/h1-5,8-9,13H,6-7H2. The van der Waals surface area contributed by atoms with Crippen molar-refractivity contribution in [1.82, 2.24) is 0 Å². The fraction of sp³-hybridized carbons (Fsp3) is 0.188. The molecule has 0 aromatic heterocycles. The molecule has 0 spiro atoms. The predicted octanol–water partition coefficient (Wildman–Crippen LogP) is 4.72. The smallest absolute Gasteiger partial charge is 0.193 e. The van der Waals surface area contributed by atoms with Gasteiger partial charge in [-0.15, -0.1) is 0 Å². The molecule has 4 heteroatoms. The van der Waals surface area contributed by atoms with Gasteiger partial charge in [0.05, 0.1) is 11.1 Å². The van der Waals surface area contributed by atoms with Crippen molar-refractivity contribution in [2.45, 2.75) is 18.9 Å². The zero-order valence-corrected chi connectivity index (χ0v) is 13.5. The lowest BCUT2D eigenvalue weighted by Crippen LogP contribution is -2.02. The summed E-state index contributed by atoms with van der Waals surface area (Å²) < 4.78 is 6.61. The molecule has 1 aliphatic rings. The van der Waals surface area contributed by atoms with Crippen molar-refractivity contribution >= 4 is 40.0 Å². The number of carbonyl (C=O) groups is 1. The van der Waals surface area contributed by atoms with E-state index in [-0.39, 0.29) is 5.78 Å². The van der Waals surface area contributed by atoms with Gasteiger partial charge in [-0.05, 0) is 77.9 Å². The van der Waals surface area contributed by atoms with Crippen molar-refractivity contribution in [2.24, 2.45) is 0 Å². The Labute approximate surface area is 136 Å². The molecule has 2 nitrogen and oxygen atoms in total. The van der Waals surface area contributed by atoms with E-state index in [1.165, 1.54) is 0 Å². The lowest BCUT2D eigenvalue weighted by molar-refractivity contribution is 0.103. The van der Waals surface area contributed by atoms with E-state index in [0.717, 1.165) is 22.2 Å². The van der Waals surface area contributed by atoms with Crippen LogP contribution in [0.2, 0.25) is 5.02 Å². The van der Waals surface area contributed by atoms with Gasteiger partial charge in [-0.2, -0.15) is 0 Å². The van der Waals surface area contributed by atoms with Crippen LogP contribution < -0.4 is 4.74 Å². The second-order valence-electron chi connectivity index (χ2n) is 4.80. The van der Waals surface area contributed by atoms with Crippen LogP contribution in [0, 0.1) is 3.57 Å². The Kier molecular flexibility index (Phi) is 3.98. The summed E-state index contributed by atoms with van der Waals surface area (Å²) in [5.74, 6) is 0.797. The summed E-state index contributed by atoms with van der Waals surface area (Å²) in [7, 11) is 0. The van der Waals surface area contributed by atoms with Crippen molar-refractivity contribution in [3.8, 4) is 5.75 Å². The Bertz CT molecular complexity index is 648.